The summed E-state index contributed by atoms with van der Waals surface area (Å²) in [7, 11) is 0. The molecule has 14 nitrogen and oxygen atoms in total. The number of aliphatic hydroxyl groups is 3. The van der Waals surface area contributed by atoms with Gasteiger partial charge in [0, 0.05) is 43.5 Å². The molecule has 0 spiro atoms. The Morgan fingerprint density at radius 2 is 1.66 bits per heavy atom. The van der Waals surface area contributed by atoms with Crippen LogP contribution in [-0.4, -0.2) is 106 Å². The highest BCUT2D eigenvalue weighted by atomic mass is 35.5. The number of nitrogens with two attached hydrogens (primary N) is 4. The third kappa shape index (κ3) is 11.0. The van der Waals surface area contributed by atoms with Crippen molar-refractivity contribution in [2.45, 2.75) is 73.9 Å². The van der Waals surface area contributed by atoms with Crippen molar-refractivity contribution in [2.24, 2.45) is 22.9 Å². The third-order valence-corrected chi connectivity index (χ3v) is 5.80. The van der Waals surface area contributed by atoms with Gasteiger partial charge in [-0.15, -0.1) is 74.4 Å². The second-order valence-electron chi connectivity index (χ2n) is 8.12. The minimum Gasteiger partial charge on any atom is -0.441 e. The standard InChI is InChI=1S/C18H33N7O7.6ClH/c19-4-10-13(27)14(28)11(22)17(30-10)31-15-9(21)3-8(20)12(26)16(15)32-18(29)24-2-1-7-5-23-6-25-7;;;;;;/h5-6,8-17,26-28H,1-4,19-22H2,(H,23,25)(H,24,29);6*1H/t8-,9+,10-,11-,12+,13-,14-,15-,16-,17-;;;;;;/m1....../s1. The number of aromatic nitrogens is 2. The number of nitrogens with zero attached hydrogens (tertiary/aromatic N) is 1. The van der Waals surface area contributed by atoms with Gasteiger partial charge >= 0.3 is 6.09 Å². The molecule has 1 amide bonds. The summed E-state index contributed by atoms with van der Waals surface area (Å²) in [5, 5.41) is 33.4. The van der Waals surface area contributed by atoms with Gasteiger partial charge in [0.25, 0.3) is 0 Å². The van der Waals surface area contributed by atoms with Gasteiger partial charge in [0.1, 0.15) is 30.5 Å². The number of rotatable bonds is 7. The van der Waals surface area contributed by atoms with E-state index in [4.69, 9.17) is 37.1 Å². The first-order valence-electron chi connectivity index (χ1n) is 10.5. The summed E-state index contributed by atoms with van der Waals surface area (Å²) in [6.07, 6.45) is -5.29. The van der Waals surface area contributed by atoms with E-state index in [9.17, 15) is 20.1 Å². The number of aromatic amines is 1. The monoisotopic (exact) mass is 675 g/mol. The van der Waals surface area contributed by atoms with E-state index in [1.54, 1.807) is 6.20 Å². The van der Waals surface area contributed by atoms with Gasteiger partial charge in [-0.3, -0.25) is 0 Å². The summed E-state index contributed by atoms with van der Waals surface area (Å²) >= 11 is 0. The lowest BCUT2D eigenvalue weighted by Gasteiger charge is -2.46. The number of H-pyrrole nitrogens is 1. The second kappa shape index (κ2) is 20.7. The van der Waals surface area contributed by atoms with Crippen molar-refractivity contribution in [3.63, 3.8) is 0 Å². The Hall–Kier alpha value is -0.140. The van der Waals surface area contributed by atoms with Crippen molar-refractivity contribution < 1.29 is 34.3 Å². The fraction of sp³-hybridized carbons (Fsp3) is 0.778. The van der Waals surface area contributed by atoms with Crippen molar-refractivity contribution in [2.75, 3.05) is 13.1 Å². The zero-order valence-corrected chi connectivity index (χ0v) is 24.8. The molecule has 0 aromatic carbocycles. The SMILES string of the molecule is Cl.Cl.Cl.Cl.Cl.Cl.NC[C@H]1O[C@H](O[C@H]2[C@H](OC(=O)NCCc3cnc[nH]3)[C@@H](O)[C@H](N)C[C@@H]2N)[C@H](N)[C@@H](O)[C@@H]1O. The van der Waals surface area contributed by atoms with Gasteiger partial charge in [-0.2, -0.15) is 0 Å². The highest BCUT2D eigenvalue weighted by Crippen LogP contribution is 2.28. The first kappa shape index (κ1) is 44.9. The van der Waals surface area contributed by atoms with E-state index >= 15 is 0 Å². The molecule has 1 saturated carbocycles. The fourth-order valence-electron chi connectivity index (χ4n) is 3.90. The van der Waals surface area contributed by atoms with Crippen LogP contribution in [0.5, 0.6) is 0 Å². The number of alkyl carbamates (subject to hydrolysis) is 1. The Kier molecular flexibility index (Phi) is 24.4. The largest absolute Gasteiger partial charge is 0.441 e. The predicted molar refractivity (Wildman–Crippen MR) is 153 cm³/mol. The number of aliphatic hydroxyl groups excluding tert-OH is 3. The summed E-state index contributed by atoms with van der Waals surface area (Å²) in [6.45, 7) is 0.167. The zero-order valence-electron chi connectivity index (χ0n) is 19.9. The molecule has 1 aliphatic carbocycles. The van der Waals surface area contributed by atoms with E-state index in [2.05, 4.69) is 15.3 Å². The molecule has 0 unspecified atom stereocenters. The molecule has 0 bridgehead atoms. The smallest absolute Gasteiger partial charge is 0.407 e. The van der Waals surface area contributed by atoms with Gasteiger partial charge in [-0.25, -0.2) is 9.78 Å². The molecule has 2 heterocycles. The van der Waals surface area contributed by atoms with Gasteiger partial charge in [-0.05, 0) is 6.42 Å². The van der Waals surface area contributed by atoms with E-state index in [0.29, 0.717) is 6.42 Å². The van der Waals surface area contributed by atoms with Gasteiger partial charge in [-0.1, -0.05) is 0 Å². The summed E-state index contributed by atoms with van der Waals surface area (Å²) in [4.78, 5) is 19.1. The van der Waals surface area contributed by atoms with E-state index in [0.717, 1.165) is 5.69 Å². The molecule has 1 aromatic heterocycles. The highest BCUT2D eigenvalue weighted by molar-refractivity contribution is 5.86. The Morgan fingerprint density at radius 1 is 1.03 bits per heavy atom. The lowest BCUT2D eigenvalue weighted by molar-refractivity contribution is -0.287. The molecule has 20 heteroatoms. The maximum atomic E-state index is 12.3. The van der Waals surface area contributed by atoms with E-state index in [1.807, 2.05) is 0 Å². The highest BCUT2D eigenvalue weighted by Gasteiger charge is 2.49. The number of carbonyl (C=O) groups is 1. The predicted octanol–water partition coefficient (Wildman–Crippen LogP) is -1.89. The van der Waals surface area contributed by atoms with E-state index < -0.39 is 67.1 Å². The molecule has 1 aromatic rings. The van der Waals surface area contributed by atoms with Crippen molar-refractivity contribution >= 4 is 80.5 Å². The van der Waals surface area contributed by atoms with E-state index in [1.165, 1.54) is 6.33 Å². The first-order chi connectivity index (χ1) is 15.2. The quantitative estimate of drug-likeness (QED) is 0.154. The van der Waals surface area contributed by atoms with Crippen LogP contribution in [0.2, 0.25) is 0 Å². The first-order valence-corrected chi connectivity index (χ1v) is 10.5. The number of carbonyl (C=O) groups excluding carboxylic acids is 1. The average molecular weight is 678 g/mol. The summed E-state index contributed by atoms with van der Waals surface area (Å²) in [5.74, 6) is 0. The molecule has 2 fully saturated rings. The zero-order chi connectivity index (χ0) is 23.4. The molecule has 230 valence electrons. The van der Waals surface area contributed by atoms with Crippen LogP contribution in [0, 0.1) is 0 Å². The Labute approximate surface area is 257 Å². The lowest BCUT2D eigenvalue weighted by Crippen LogP contribution is -2.68. The fourth-order valence-corrected chi connectivity index (χ4v) is 3.90. The van der Waals surface area contributed by atoms with Gasteiger partial charge in [0.05, 0.1) is 12.4 Å². The summed E-state index contributed by atoms with van der Waals surface area (Å²) in [6, 6.07) is -2.61. The summed E-state index contributed by atoms with van der Waals surface area (Å²) in [5.41, 5.74) is 24.5. The van der Waals surface area contributed by atoms with Gasteiger partial charge < -0.3 is 62.8 Å². The van der Waals surface area contributed by atoms with Crippen molar-refractivity contribution in [3.8, 4) is 0 Å². The molecule has 1 saturated heterocycles. The average Bonchev–Trinajstić information content (AvgIpc) is 3.28. The molecule has 13 N–H and O–H groups in total. The van der Waals surface area contributed by atoms with Crippen molar-refractivity contribution in [1.29, 1.82) is 0 Å². The molecule has 10 atom stereocenters. The number of ether oxygens (including phenoxy) is 3. The molecule has 1 aliphatic heterocycles. The maximum absolute atomic E-state index is 12.3. The number of amides is 1. The number of imidazole rings is 1. The van der Waals surface area contributed by atoms with Crippen LogP contribution in [-0.2, 0) is 20.6 Å². The van der Waals surface area contributed by atoms with Gasteiger partial charge in [0.2, 0.25) is 0 Å². The number of hydrogen-bond acceptors (Lipinski definition) is 12. The van der Waals surface area contributed by atoms with Crippen LogP contribution in [0.4, 0.5) is 4.79 Å². The van der Waals surface area contributed by atoms with Crippen molar-refractivity contribution in [3.05, 3.63) is 18.2 Å². The van der Waals surface area contributed by atoms with Crippen LogP contribution < -0.4 is 28.3 Å². The molecule has 2 aliphatic rings. The van der Waals surface area contributed by atoms with Crippen LogP contribution in [0.1, 0.15) is 12.1 Å². The molecular formula is C18H39Cl6N7O7. The van der Waals surface area contributed by atoms with Crippen LogP contribution in [0.3, 0.4) is 0 Å². The molecular weight excluding hydrogens is 639 g/mol. The third-order valence-electron chi connectivity index (χ3n) is 5.80. The van der Waals surface area contributed by atoms with E-state index in [-0.39, 0.29) is 94.0 Å². The van der Waals surface area contributed by atoms with Crippen LogP contribution in [0.25, 0.3) is 0 Å². The molecule has 38 heavy (non-hydrogen) atoms. The summed E-state index contributed by atoms with van der Waals surface area (Å²) < 4.78 is 16.9. The topological polar surface area (TPSA) is 250 Å². The number of hydrogen-bond donors (Lipinski definition) is 9. The Balaban J connectivity index is -0.000000963. The van der Waals surface area contributed by atoms with Crippen molar-refractivity contribution in [1.82, 2.24) is 15.3 Å². The maximum Gasteiger partial charge on any atom is 0.407 e. The lowest BCUT2D eigenvalue weighted by atomic mass is 9.84. The Bertz CT molecular complexity index is 748. The minimum absolute atomic E-state index is 0. The van der Waals surface area contributed by atoms with Gasteiger partial charge in [0.15, 0.2) is 12.4 Å². The normalized spacial score (nSPS) is 33.8. The molecule has 0 radical (unpaired) electrons. The van der Waals surface area contributed by atoms with Crippen LogP contribution >= 0.6 is 74.4 Å². The minimum atomic E-state index is -1.36. The molecule has 3 rings (SSSR count). The Morgan fingerprint density at radius 3 is 2.21 bits per heavy atom. The van der Waals surface area contributed by atoms with Crippen LogP contribution in [0.15, 0.2) is 12.5 Å². The second-order valence-corrected chi connectivity index (χ2v) is 8.12. The number of halogens is 6. The number of nitrogens with one attached hydrogen (secondary N) is 2.